The molecule has 1 amide bonds. The molecule has 20 heavy (non-hydrogen) atoms. The van der Waals surface area contributed by atoms with Crippen molar-refractivity contribution in [3.8, 4) is 0 Å². The first-order valence-electron chi connectivity index (χ1n) is 6.13. The van der Waals surface area contributed by atoms with E-state index in [0.717, 1.165) is 16.9 Å². The van der Waals surface area contributed by atoms with Gasteiger partial charge in [-0.15, -0.1) is 0 Å². The first-order chi connectivity index (χ1) is 9.47. The van der Waals surface area contributed by atoms with E-state index in [1.165, 1.54) is 12.1 Å². The third-order valence-electron chi connectivity index (χ3n) is 2.81. The molecule has 1 aromatic heterocycles. The molecule has 6 heteroatoms. The van der Waals surface area contributed by atoms with E-state index in [-0.39, 0.29) is 10.9 Å². The number of rotatable bonds is 4. The zero-order valence-electron chi connectivity index (χ0n) is 11.1. The van der Waals surface area contributed by atoms with E-state index in [4.69, 9.17) is 0 Å². The normalized spacial score (nSPS) is 10.6. The third-order valence-corrected chi connectivity index (χ3v) is 3.84. The van der Waals surface area contributed by atoms with Gasteiger partial charge in [-0.3, -0.25) is 14.9 Å². The minimum Gasteiger partial charge on any atom is -0.321 e. The molecule has 1 N–H and O–H groups in total. The summed E-state index contributed by atoms with van der Waals surface area (Å²) in [5.74, 6) is 0.0404. The molecular weight excluding hydrogens is 276 g/mol. The fourth-order valence-corrected chi connectivity index (χ4v) is 2.43. The highest BCUT2D eigenvalue weighted by Gasteiger charge is 2.15. The van der Waals surface area contributed by atoms with Crippen LogP contribution >= 0.6 is 11.3 Å². The lowest BCUT2D eigenvalue weighted by Gasteiger charge is -2.08. The lowest BCUT2D eigenvalue weighted by Crippen LogP contribution is -2.10. The van der Waals surface area contributed by atoms with E-state index in [2.05, 4.69) is 19.2 Å². The molecule has 5 nitrogen and oxygen atoms in total. The van der Waals surface area contributed by atoms with Gasteiger partial charge in [0.15, 0.2) is 0 Å². The first kappa shape index (κ1) is 14.2. The first-order valence-corrected chi connectivity index (χ1v) is 6.94. The minimum atomic E-state index is -0.499. The predicted octanol–water partition coefficient (Wildman–Crippen LogP) is 4.03. The molecule has 0 fully saturated rings. The zero-order valence-corrected chi connectivity index (χ0v) is 11.9. The lowest BCUT2D eigenvalue weighted by atomic mass is 10.0. The van der Waals surface area contributed by atoms with Crippen molar-refractivity contribution in [2.24, 2.45) is 0 Å². The van der Waals surface area contributed by atoms with E-state index in [1.54, 1.807) is 6.07 Å². The molecule has 0 unspecified atom stereocenters. The highest BCUT2D eigenvalue weighted by atomic mass is 32.1. The second-order valence-electron chi connectivity index (χ2n) is 4.63. The number of hydrogen-bond acceptors (Lipinski definition) is 4. The molecule has 0 saturated carbocycles. The molecule has 2 rings (SSSR count). The Morgan fingerprint density at radius 2 is 2.05 bits per heavy atom. The van der Waals surface area contributed by atoms with Gasteiger partial charge in [0, 0.05) is 11.8 Å². The maximum atomic E-state index is 12.0. The minimum absolute atomic E-state index is 0.0360. The molecule has 0 aliphatic rings. The van der Waals surface area contributed by atoms with Crippen molar-refractivity contribution in [3.05, 3.63) is 57.0 Å². The van der Waals surface area contributed by atoms with Crippen molar-refractivity contribution in [2.45, 2.75) is 19.8 Å². The van der Waals surface area contributed by atoms with Crippen molar-refractivity contribution in [1.82, 2.24) is 0 Å². The Morgan fingerprint density at radius 1 is 1.30 bits per heavy atom. The molecule has 104 valence electrons. The van der Waals surface area contributed by atoms with E-state index < -0.39 is 4.92 Å². The van der Waals surface area contributed by atoms with Gasteiger partial charge >= 0.3 is 5.00 Å². The van der Waals surface area contributed by atoms with Crippen LogP contribution in [0.5, 0.6) is 0 Å². The molecule has 0 bridgehead atoms. The number of nitrogens with zero attached hydrogens (tertiary/aromatic N) is 1. The van der Waals surface area contributed by atoms with E-state index in [9.17, 15) is 14.9 Å². The van der Waals surface area contributed by atoms with Gasteiger partial charge in [-0.25, -0.2) is 0 Å². The van der Waals surface area contributed by atoms with E-state index in [0.29, 0.717) is 16.5 Å². The zero-order chi connectivity index (χ0) is 14.7. The van der Waals surface area contributed by atoms with Crippen molar-refractivity contribution >= 4 is 27.9 Å². The average Bonchev–Trinajstić information content (AvgIpc) is 2.88. The molecule has 0 aliphatic carbocycles. The standard InChI is InChI=1S/C14H14N2O3S/c1-9(2)10-4-3-5-11(8-10)15-14(17)12-6-7-13(20-12)16(18)19/h3-9H,1-2H3,(H,15,17). The summed E-state index contributed by atoms with van der Waals surface area (Å²) in [5, 5.41) is 13.3. The van der Waals surface area contributed by atoms with Crippen molar-refractivity contribution in [3.63, 3.8) is 0 Å². The second-order valence-corrected chi connectivity index (χ2v) is 5.69. The number of hydrogen-bond donors (Lipinski definition) is 1. The number of nitro groups is 1. The van der Waals surface area contributed by atoms with Crippen LogP contribution in [0, 0.1) is 10.1 Å². The molecule has 0 saturated heterocycles. The number of benzene rings is 1. The molecule has 2 aromatic rings. The summed E-state index contributed by atoms with van der Waals surface area (Å²) in [6, 6.07) is 10.4. The maximum absolute atomic E-state index is 12.0. The second kappa shape index (κ2) is 5.83. The number of carbonyl (C=O) groups is 1. The number of amides is 1. The van der Waals surface area contributed by atoms with Crippen LogP contribution in [0.1, 0.15) is 35.0 Å². The van der Waals surface area contributed by atoms with Gasteiger partial charge in [0.1, 0.15) is 0 Å². The summed E-state index contributed by atoms with van der Waals surface area (Å²) < 4.78 is 0. The summed E-state index contributed by atoms with van der Waals surface area (Å²) in [7, 11) is 0. The quantitative estimate of drug-likeness (QED) is 0.682. The molecule has 0 aliphatic heterocycles. The van der Waals surface area contributed by atoms with Crippen molar-refractivity contribution in [1.29, 1.82) is 0 Å². The molecule has 1 aromatic carbocycles. The van der Waals surface area contributed by atoms with Crippen LogP contribution in [0.4, 0.5) is 10.7 Å². The van der Waals surface area contributed by atoms with Crippen LogP contribution in [-0.2, 0) is 0 Å². The van der Waals surface area contributed by atoms with Crippen LogP contribution in [0.25, 0.3) is 0 Å². The number of nitrogens with one attached hydrogen (secondary N) is 1. The van der Waals surface area contributed by atoms with Crippen LogP contribution in [-0.4, -0.2) is 10.8 Å². The van der Waals surface area contributed by atoms with Gasteiger partial charge in [-0.2, -0.15) is 0 Å². The summed E-state index contributed by atoms with van der Waals surface area (Å²) in [5.41, 5.74) is 1.82. The van der Waals surface area contributed by atoms with E-state index >= 15 is 0 Å². The SMILES string of the molecule is CC(C)c1cccc(NC(=O)c2ccc([N+](=O)[O-])s2)c1. The lowest BCUT2D eigenvalue weighted by molar-refractivity contribution is -0.380. The van der Waals surface area contributed by atoms with Gasteiger partial charge in [-0.05, 0) is 29.7 Å². The highest BCUT2D eigenvalue weighted by Crippen LogP contribution is 2.25. The van der Waals surface area contributed by atoms with Gasteiger partial charge in [-0.1, -0.05) is 37.3 Å². The van der Waals surface area contributed by atoms with Crippen LogP contribution in [0.15, 0.2) is 36.4 Å². The Labute approximate surface area is 120 Å². The van der Waals surface area contributed by atoms with Crippen molar-refractivity contribution in [2.75, 3.05) is 5.32 Å². The Bertz CT molecular complexity index is 649. The number of anilines is 1. The predicted molar refractivity (Wildman–Crippen MR) is 79.5 cm³/mol. The highest BCUT2D eigenvalue weighted by molar-refractivity contribution is 7.17. The van der Waals surface area contributed by atoms with Crippen molar-refractivity contribution < 1.29 is 9.72 Å². The van der Waals surface area contributed by atoms with Crippen LogP contribution in [0.2, 0.25) is 0 Å². The molecule has 1 heterocycles. The molecule has 0 radical (unpaired) electrons. The van der Waals surface area contributed by atoms with Gasteiger partial charge in [0.05, 0.1) is 9.80 Å². The molecular formula is C14H14N2O3S. The Morgan fingerprint density at radius 3 is 2.65 bits per heavy atom. The Hall–Kier alpha value is -2.21. The average molecular weight is 290 g/mol. The molecule has 0 atom stereocenters. The third kappa shape index (κ3) is 3.21. The fraction of sp³-hybridized carbons (Fsp3) is 0.214. The largest absolute Gasteiger partial charge is 0.324 e. The van der Waals surface area contributed by atoms with Crippen LogP contribution in [0.3, 0.4) is 0 Å². The van der Waals surface area contributed by atoms with Gasteiger partial charge in [0.25, 0.3) is 5.91 Å². The van der Waals surface area contributed by atoms with Gasteiger partial charge < -0.3 is 5.32 Å². The Kier molecular flexibility index (Phi) is 4.14. The smallest absolute Gasteiger partial charge is 0.321 e. The van der Waals surface area contributed by atoms with Crippen LogP contribution < -0.4 is 5.32 Å². The number of thiophene rings is 1. The topological polar surface area (TPSA) is 72.2 Å². The summed E-state index contributed by atoms with van der Waals surface area (Å²) >= 11 is 0.868. The Balaban J connectivity index is 2.14. The van der Waals surface area contributed by atoms with Gasteiger partial charge in [0.2, 0.25) is 0 Å². The van der Waals surface area contributed by atoms with E-state index in [1.807, 2.05) is 18.2 Å². The molecule has 0 spiro atoms. The monoisotopic (exact) mass is 290 g/mol. The number of carbonyl (C=O) groups excluding carboxylic acids is 1. The summed E-state index contributed by atoms with van der Waals surface area (Å²) in [4.78, 5) is 22.4. The summed E-state index contributed by atoms with van der Waals surface area (Å²) in [6.07, 6.45) is 0. The summed E-state index contributed by atoms with van der Waals surface area (Å²) in [6.45, 7) is 4.15. The fourth-order valence-electron chi connectivity index (χ4n) is 1.72. The maximum Gasteiger partial charge on any atom is 0.324 e.